The highest BCUT2D eigenvalue weighted by Crippen LogP contribution is 2.40. The molecule has 0 saturated carbocycles. The number of primary amides is 1. The van der Waals surface area contributed by atoms with E-state index in [0.29, 0.717) is 19.3 Å². The van der Waals surface area contributed by atoms with E-state index in [9.17, 15) is 9.59 Å². The van der Waals surface area contributed by atoms with Gasteiger partial charge in [0.15, 0.2) is 0 Å². The first kappa shape index (κ1) is 12.6. The normalized spacial score (nSPS) is 16.1. The molecular weight excluding hydrogens is 228 g/mol. The van der Waals surface area contributed by atoms with Crippen molar-refractivity contribution >= 4 is 11.8 Å². The molecule has 0 aliphatic heterocycles. The van der Waals surface area contributed by atoms with Crippen molar-refractivity contribution in [3.05, 3.63) is 35.4 Å². The second-order valence-corrected chi connectivity index (χ2v) is 4.95. The van der Waals surface area contributed by atoms with Crippen LogP contribution in [-0.2, 0) is 22.4 Å². The summed E-state index contributed by atoms with van der Waals surface area (Å²) < 4.78 is 0. The van der Waals surface area contributed by atoms with E-state index in [1.54, 1.807) is 7.05 Å². The van der Waals surface area contributed by atoms with Gasteiger partial charge in [0.1, 0.15) is 0 Å². The van der Waals surface area contributed by atoms with Crippen molar-refractivity contribution in [2.45, 2.75) is 25.7 Å². The summed E-state index contributed by atoms with van der Waals surface area (Å²) in [4.78, 5) is 23.1. The average molecular weight is 246 g/mol. The molecule has 0 atom stereocenters. The summed E-state index contributed by atoms with van der Waals surface area (Å²) in [6, 6.07) is 8.05. The number of carbonyl (C=O) groups is 2. The Morgan fingerprint density at radius 2 is 1.83 bits per heavy atom. The van der Waals surface area contributed by atoms with Crippen LogP contribution in [0.3, 0.4) is 0 Å². The van der Waals surface area contributed by atoms with Crippen molar-refractivity contribution in [2.24, 2.45) is 11.1 Å². The number of rotatable bonds is 4. The highest BCUT2D eigenvalue weighted by atomic mass is 16.2. The highest BCUT2D eigenvalue weighted by molar-refractivity contribution is 5.85. The van der Waals surface area contributed by atoms with Crippen LogP contribution in [0.5, 0.6) is 0 Å². The lowest BCUT2D eigenvalue weighted by atomic mass is 9.79. The molecule has 0 saturated heterocycles. The minimum absolute atomic E-state index is 0.0000463. The van der Waals surface area contributed by atoms with E-state index in [-0.39, 0.29) is 18.2 Å². The minimum atomic E-state index is -0.506. The lowest BCUT2D eigenvalue weighted by Gasteiger charge is -2.26. The smallest absolute Gasteiger partial charge is 0.226 e. The van der Waals surface area contributed by atoms with Gasteiger partial charge in [0, 0.05) is 13.5 Å². The van der Waals surface area contributed by atoms with E-state index < -0.39 is 5.41 Å². The number of benzene rings is 1. The Kier molecular flexibility index (Phi) is 3.36. The van der Waals surface area contributed by atoms with Gasteiger partial charge in [-0.3, -0.25) is 9.59 Å². The Labute approximate surface area is 107 Å². The number of nitrogens with two attached hydrogens (primary N) is 1. The predicted molar refractivity (Wildman–Crippen MR) is 68.8 cm³/mol. The van der Waals surface area contributed by atoms with E-state index in [4.69, 9.17) is 5.73 Å². The van der Waals surface area contributed by atoms with Crippen LogP contribution in [0.25, 0.3) is 0 Å². The molecular formula is C14H18N2O2. The van der Waals surface area contributed by atoms with Crippen LogP contribution in [-0.4, -0.2) is 18.9 Å². The van der Waals surface area contributed by atoms with Crippen LogP contribution >= 0.6 is 0 Å². The third kappa shape index (κ3) is 2.23. The average Bonchev–Trinajstić information content (AvgIpc) is 2.75. The molecule has 1 aliphatic rings. The second kappa shape index (κ2) is 4.80. The van der Waals surface area contributed by atoms with Gasteiger partial charge in [-0.15, -0.1) is 0 Å². The standard InChI is InChI=1S/C14H18N2O2/c1-16-13(18)14(7-6-12(15)17)8-10-4-2-3-5-11(10)9-14/h2-5H,6-9H2,1H3,(H2,15,17)(H,16,18). The van der Waals surface area contributed by atoms with Gasteiger partial charge in [-0.2, -0.15) is 0 Å². The molecule has 0 radical (unpaired) electrons. The van der Waals surface area contributed by atoms with E-state index in [0.717, 1.165) is 0 Å². The molecule has 0 unspecified atom stereocenters. The minimum Gasteiger partial charge on any atom is -0.370 e. The van der Waals surface area contributed by atoms with Gasteiger partial charge in [0.2, 0.25) is 11.8 Å². The van der Waals surface area contributed by atoms with Crippen LogP contribution in [0.15, 0.2) is 24.3 Å². The molecule has 2 amide bonds. The molecule has 1 aromatic carbocycles. The monoisotopic (exact) mass is 246 g/mol. The Morgan fingerprint density at radius 3 is 2.28 bits per heavy atom. The summed E-state index contributed by atoms with van der Waals surface area (Å²) in [6.07, 6.45) is 2.14. The third-order valence-electron chi connectivity index (χ3n) is 3.73. The number of nitrogens with one attached hydrogen (secondary N) is 1. The highest BCUT2D eigenvalue weighted by Gasteiger charge is 2.42. The fourth-order valence-corrected chi connectivity index (χ4v) is 2.77. The lowest BCUT2D eigenvalue weighted by Crippen LogP contribution is -2.40. The maximum atomic E-state index is 12.2. The van der Waals surface area contributed by atoms with Crippen LogP contribution in [0.1, 0.15) is 24.0 Å². The first-order valence-corrected chi connectivity index (χ1v) is 6.15. The second-order valence-electron chi connectivity index (χ2n) is 4.95. The Hall–Kier alpha value is -1.84. The van der Waals surface area contributed by atoms with Gasteiger partial charge in [-0.1, -0.05) is 24.3 Å². The summed E-state index contributed by atoms with van der Waals surface area (Å²) >= 11 is 0. The van der Waals surface area contributed by atoms with Gasteiger partial charge in [-0.25, -0.2) is 0 Å². The molecule has 0 heterocycles. The Balaban J connectivity index is 2.25. The Bertz CT molecular complexity index is 457. The Morgan fingerprint density at radius 1 is 1.28 bits per heavy atom. The summed E-state index contributed by atoms with van der Waals surface area (Å²) in [7, 11) is 1.64. The maximum Gasteiger partial charge on any atom is 0.226 e. The molecule has 0 fully saturated rings. The molecule has 1 aromatic rings. The van der Waals surface area contributed by atoms with Crippen LogP contribution in [0, 0.1) is 5.41 Å². The summed E-state index contributed by atoms with van der Waals surface area (Å²) in [6.45, 7) is 0. The lowest BCUT2D eigenvalue weighted by molar-refractivity contribution is -0.131. The quantitative estimate of drug-likeness (QED) is 0.824. The van der Waals surface area contributed by atoms with Crippen molar-refractivity contribution in [3.63, 3.8) is 0 Å². The molecule has 0 spiro atoms. The van der Waals surface area contributed by atoms with Crippen LogP contribution in [0.4, 0.5) is 0 Å². The SMILES string of the molecule is CNC(=O)C1(CCC(N)=O)Cc2ccccc2C1. The summed E-state index contributed by atoms with van der Waals surface area (Å²) in [5.74, 6) is -0.353. The predicted octanol–water partition coefficient (Wildman–Crippen LogP) is 0.783. The van der Waals surface area contributed by atoms with Crippen molar-refractivity contribution < 1.29 is 9.59 Å². The molecule has 1 aliphatic carbocycles. The van der Waals surface area contributed by atoms with E-state index >= 15 is 0 Å². The molecule has 4 heteroatoms. The van der Waals surface area contributed by atoms with Gasteiger partial charge in [0.25, 0.3) is 0 Å². The third-order valence-corrected chi connectivity index (χ3v) is 3.73. The van der Waals surface area contributed by atoms with E-state index in [1.165, 1.54) is 11.1 Å². The molecule has 96 valence electrons. The van der Waals surface area contributed by atoms with Crippen molar-refractivity contribution in [1.82, 2.24) is 5.32 Å². The van der Waals surface area contributed by atoms with Crippen molar-refractivity contribution in [3.8, 4) is 0 Å². The topological polar surface area (TPSA) is 72.2 Å². The van der Waals surface area contributed by atoms with E-state index in [2.05, 4.69) is 5.32 Å². The first-order chi connectivity index (χ1) is 8.57. The summed E-state index contributed by atoms with van der Waals surface area (Å²) in [5.41, 5.74) is 7.10. The molecule has 2 rings (SSSR count). The maximum absolute atomic E-state index is 12.2. The molecule has 0 aromatic heterocycles. The number of carbonyl (C=O) groups excluding carboxylic acids is 2. The molecule has 18 heavy (non-hydrogen) atoms. The zero-order chi connectivity index (χ0) is 13.2. The van der Waals surface area contributed by atoms with Crippen molar-refractivity contribution in [1.29, 1.82) is 0 Å². The summed E-state index contributed by atoms with van der Waals surface area (Å²) in [5, 5.41) is 2.72. The van der Waals surface area contributed by atoms with Crippen LogP contribution < -0.4 is 11.1 Å². The van der Waals surface area contributed by atoms with Gasteiger partial charge >= 0.3 is 0 Å². The van der Waals surface area contributed by atoms with E-state index in [1.807, 2.05) is 24.3 Å². The van der Waals surface area contributed by atoms with Gasteiger partial charge in [0.05, 0.1) is 5.41 Å². The zero-order valence-corrected chi connectivity index (χ0v) is 10.5. The molecule has 4 nitrogen and oxygen atoms in total. The largest absolute Gasteiger partial charge is 0.370 e. The fourth-order valence-electron chi connectivity index (χ4n) is 2.77. The first-order valence-electron chi connectivity index (χ1n) is 6.15. The van der Waals surface area contributed by atoms with Gasteiger partial charge < -0.3 is 11.1 Å². The molecule has 0 bridgehead atoms. The number of hydrogen-bond donors (Lipinski definition) is 2. The van der Waals surface area contributed by atoms with Gasteiger partial charge in [-0.05, 0) is 30.4 Å². The number of amides is 2. The molecule has 3 N–H and O–H groups in total. The number of fused-ring (bicyclic) bond motifs is 1. The fraction of sp³-hybridized carbons (Fsp3) is 0.429. The van der Waals surface area contributed by atoms with Crippen molar-refractivity contribution in [2.75, 3.05) is 7.05 Å². The van der Waals surface area contributed by atoms with Crippen LogP contribution in [0.2, 0.25) is 0 Å². The zero-order valence-electron chi connectivity index (χ0n) is 10.5. The number of hydrogen-bond acceptors (Lipinski definition) is 2.